The lowest BCUT2D eigenvalue weighted by Crippen LogP contribution is -2.35. The van der Waals surface area contributed by atoms with E-state index in [2.05, 4.69) is 89.3 Å². The molecule has 0 aromatic heterocycles. The zero-order valence-electron chi connectivity index (χ0n) is 15.8. The zero-order valence-corrected chi connectivity index (χ0v) is 15.8. The predicted molar refractivity (Wildman–Crippen MR) is 105 cm³/mol. The van der Waals surface area contributed by atoms with E-state index < -0.39 is 0 Å². The van der Waals surface area contributed by atoms with Gasteiger partial charge in [-0.1, -0.05) is 59.2 Å². The Morgan fingerprint density at radius 3 is 2.29 bits per heavy atom. The van der Waals surface area contributed by atoms with Crippen LogP contribution in [0.4, 0.5) is 0 Å². The highest BCUT2D eigenvalue weighted by molar-refractivity contribution is 5.87. The van der Waals surface area contributed by atoms with E-state index in [0.29, 0.717) is 5.92 Å². The summed E-state index contributed by atoms with van der Waals surface area (Å²) in [7, 11) is 0. The third kappa shape index (κ3) is 3.18. The van der Waals surface area contributed by atoms with Gasteiger partial charge in [0.2, 0.25) is 0 Å². The second kappa shape index (κ2) is 6.22. The molecular formula is C23H29N. The number of nitrogens with one attached hydrogen (secondary N) is 1. The maximum atomic E-state index is 3.70. The van der Waals surface area contributed by atoms with Crippen molar-refractivity contribution in [1.82, 2.24) is 5.32 Å². The van der Waals surface area contributed by atoms with E-state index in [4.69, 9.17) is 0 Å². The molecule has 3 rings (SSSR count). The lowest BCUT2D eigenvalue weighted by atomic mass is 9.84. The molecule has 0 fully saturated rings. The molecule has 0 radical (unpaired) electrons. The molecule has 126 valence electrons. The Balaban J connectivity index is 2.15. The Kier molecular flexibility index (Phi) is 4.40. The van der Waals surface area contributed by atoms with Gasteiger partial charge in [0.15, 0.2) is 0 Å². The first-order valence-corrected chi connectivity index (χ1v) is 8.89. The molecule has 0 aliphatic heterocycles. The van der Waals surface area contributed by atoms with Gasteiger partial charge in [-0.3, -0.25) is 0 Å². The van der Waals surface area contributed by atoms with E-state index in [1.807, 2.05) is 0 Å². The minimum Gasteiger partial charge on any atom is -0.308 e. The van der Waals surface area contributed by atoms with Crippen molar-refractivity contribution >= 4 is 10.8 Å². The van der Waals surface area contributed by atoms with Gasteiger partial charge in [-0.15, -0.1) is 0 Å². The Morgan fingerprint density at radius 2 is 1.67 bits per heavy atom. The van der Waals surface area contributed by atoms with Crippen molar-refractivity contribution in [2.45, 2.75) is 59.5 Å². The summed E-state index contributed by atoms with van der Waals surface area (Å²) in [4.78, 5) is 0. The van der Waals surface area contributed by atoms with Crippen molar-refractivity contribution in [3.05, 3.63) is 70.3 Å². The maximum absolute atomic E-state index is 3.70. The van der Waals surface area contributed by atoms with Gasteiger partial charge >= 0.3 is 0 Å². The van der Waals surface area contributed by atoms with Gasteiger partial charge in [-0.05, 0) is 63.4 Å². The number of rotatable bonds is 3. The van der Waals surface area contributed by atoms with Crippen LogP contribution in [0.2, 0.25) is 0 Å². The smallest absolute Gasteiger partial charge is 0.0264 e. The predicted octanol–water partition coefficient (Wildman–Crippen LogP) is 6.11. The van der Waals surface area contributed by atoms with Gasteiger partial charge in [0, 0.05) is 18.0 Å². The molecule has 0 saturated carbocycles. The molecule has 2 aromatic rings. The monoisotopic (exact) mass is 319 g/mol. The first-order valence-electron chi connectivity index (χ1n) is 8.89. The van der Waals surface area contributed by atoms with E-state index in [1.54, 1.807) is 0 Å². The maximum Gasteiger partial charge on any atom is 0.0264 e. The molecule has 1 aliphatic rings. The number of hydrogen-bond acceptors (Lipinski definition) is 1. The fraction of sp³-hybridized carbons (Fsp3) is 0.391. The molecule has 0 amide bonds. The van der Waals surface area contributed by atoms with Crippen LogP contribution < -0.4 is 5.32 Å². The van der Waals surface area contributed by atoms with Crippen LogP contribution in [-0.4, -0.2) is 5.54 Å². The second-order valence-electron chi connectivity index (χ2n) is 8.15. The van der Waals surface area contributed by atoms with Crippen LogP contribution in [0.1, 0.15) is 58.6 Å². The highest BCUT2D eigenvalue weighted by Gasteiger charge is 2.25. The summed E-state index contributed by atoms with van der Waals surface area (Å²) in [6.45, 7) is 14.4. The molecule has 1 aliphatic carbocycles. The highest BCUT2D eigenvalue weighted by atomic mass is 14.9. The standard InChI is InChI=1S/C23H29N/c1-15-13-16(2)22(17(15)3)20-12-11-18-9-7-8-10-19(18)21(20)14-24-23(4,5)6/h7-13,22,24H,14H2,1-6H3. The van der Waals surface area contributed by atoms with Gasteiger partial charge in [-0.2, -0.15) is 0 Å². The Bertz CT molecular complexity index is 831. The highest BCUT2D eigenvalue weighted by Crippen LogP contribution is 2.42. The van der Waals surface area contributed by atoms with Crippen molar-refractivity contribution in [1.29, 1.82) is 0 Å². The third-order valence-corrected chi connectivity index (χ3v) is 5.14. The summed E-state index contributed by atoms with van der Waals surface area (Å²) >= 11 is 0. The van der Waals surface area contributed by atoms with Gasteiger partial charge < -0.3 is 5.32 Å². The molecule has 1 unspecified atom stereocenters. The Hall–Kier alpha value is -1.86. The molecule has 1 atom stereocenters. The summed E-state index contributed by atoms with van der Waals surface area (Å²) in [6.07, 6.45) is 2.34. The molecule has 1 heteroatoms. The van der Waals surface area contributed by atoms with Crippen LogP contribution in [0.3, 0.4) is 0 Å². The minimum absolute atomic E-state index is 0.107. The third-order valence-electron chi connectivity index (χ3n) is 5.14. The first kappa shape index (κ1) is 17.0. The normalized spacial score (nSPS) is 18.4. The van der Waals surface area contributed by atoms with Crippen molar-refractivity contribution in [3.63, 3.8) is 0 Å². The van der Waals surface area contributed by atoms with Crippen molar-refractivity contribution in [2.24, 2.45) is 0 Å². The fourth-order valence-electron chi connectivity index (χ4n) is 3.76. The molecule has 2 aromatic carbocycles. The molecule has 1 nitrogen and oxygen atoms in total. The van der Waals surface area contributed by atoms with Gasteiger partial charge in [0.25, 0.3) is 0 Å². The lowest BCUT2D eigenvalue weighted by molar-refractivity contribution is 0.424. The molecule has 24 heavy (non-hydrogen) atoms. The molecule has 1 N–H and O–H groups in total. The van der Waals surface area contributed by atoms with Crippen LogP contribution in [0.25, 0.3) is 10.8 Å². The van der Waals surface area contributed by atoms with Crippen LogP contribution in [0, 0.1) is 0 Å². The van der Waals surface area contributed by atoms with Gasteiger partial charge in [-0.25, -0.2) is 0 Å². The quantitative estimate of drug-likeness (QED) is 0.720. The average molecular weight is 319 g/mol. The van der Waals surface area contributed by atoms with Crippen molar-refractivity contribution in [3.8, 4) is 0 Å². The molecular weight excluding hydrogens is 290 g/mol. The Morgan fingerprint density at radius 1 is 0.958 bits per heavy atom. The van der Waals surface area contributed by atoms with E-state index in [-0.39, 0.29) is 5.54 Å². The SMILES string of the molecule is CC1=CC(C)=C(C)C1c1ccc2ccccc2c1CNC(C)(C)C. The molecule has 0 bridgehead atoms. The van der Waals surface area contributed by atoms with Gasteiger partial charge in [0.05, 0.1) is 0 Å². The number of hydrogen-bond donors (Lipinski definition) is 1. The van der Waals surface area contributed by atoms with Crippen LogP contribution >= 0.6 is 0 Å². The van der Waals surface area contributed by atoms with E-state index in [1.165, 1.54) is 38.6 Å². The summed E-state index contributed by atoms with van der Waals surface area (Å²) in [6, 6.07) is 13.4. The number of fused-ring (bicyclic) bond motifs is 1. The second-order valence-corrected chi connectivity index (χ2v) is 8.15. The zero-order chi connectivity index (χ0) is 17.5. The topological polar surface area (TPSA) is 12.0 Å². The minimum atomic E-state index is 0.107. The molecule has 0 spiro atoms. The Labute approximate surface area is 146 Å². The summed E-state index contributed by atoms with van der Waals surface area (Å²) < 4.78 is 0. The van der Waals surface area contributed by atoms with Crippen molar-refractivity contribution < 1.29 is 0 Å². The number of allylic oxidation sites excluding steroid dienone is 4. The van der Waals surface area contributed by atoms with E-state index >= 15 is 0 Å². The fourth-order valence-corrected chi connectivity index (χ4v) is 3.76. The summed E-state index contributed by atoms with van der Waals surface area (Å²) in [5.41, 5.74) is 7.36. The van der Waals surface area contributed by atoms with Crippen LogP contribution in [0.5, 0.6) is 0 Å². The van der Waals surface area contributed by atoms with Crippen molar-refractivity contribution in [2.75, 3.05) is 0 Å². The van der Waals surface area contributed by atoms with Crippen LogP contribution in [-0.2, 0) is 6.54 Å². The van der Waals surface area contributed by atoms with Gasteiger partial charge in [0.1, 0.15) is 0 Å². The molecule has 0 heterocycles. The lowest BCUT2D eigenvalue weighted by Gasteiger charge is -2.25. The van der Waals surface area contributed by atoms with Crippen LogP contribution in [0.15, 0.2) is 59.2 Å². The number of benzene rings is 2. The summed E-state index contributed by atoms with van der Waals surface area (Å²) in [5, 5.41) is 6.40. The van der Waals surface area contributed by atoms with E-state index in [0.717, 1.165) is 6.54 Å². The average Bonchev–Trinajstić information content (AvgIpc) is 2.77. The molecule has 0 saturated heterocycles. The summed E-state index contributed by atoms with van der Waals surface area (Å²) in [5.74, 6) is 0.423. The largest absolute Gasteiger partial charge is 0.308 e. The van der Waals surface area contributed by atoms with E-state index in [9.17, 15) is 0 Å². The first-order chi connectivity index (χ1) is 11.3.